The highest BCUT2D eigenvalue weighted by Gasteiger charge is 2.44. The number of hydrogen-bond donors (Lipinski definition) is 1. The van der Waals surface area contributed by atoms with Crippen LogP contribution >= 0.6 is 0 Å². The molecule has 1 unspecified atom stereocenters. The molecule has 3 fully saturated rings. The van der Waals surface area contributed by atoms with Gasteiger partial charge in [0.25, 0.3) is 5.92 Å². The summed E-state index contributed by atoms with van der Waals surface area (Å²) < 4.78 is 26.7. The number of halogens is 2. The normalized spacial score (nSPS) is 24.9. The second kappa shape index (κ2) is 7.78. The summed E-state index contributed by atoms with van der Waals surface area (Å²) >= 11 is 0. The molecule has 1 aromatic rings. The van der Waals surface area contributed by atoms with E-state index in [1.54, 1.807) is 4.90 Å². The van der Waals surface area contributed by atoms with E-state index in [1.807, 2.05) is 35.2 Å². The van der Waals surface area contributed by atoms with E-state index in [0.717, 1.165) is 18.4 Å². The summed E-state index contributed by atoms with van der Waals surface area (Å²) in [6, 6.07) is 9.53. The van der Waals surface area contributed by atoms with Crippen LogP contribution < -0.4 is 5.32 Å². The van der Waals surface area contributed by atoms with E-state index in [9.17, 15) is 18.4 Å². The summed E-state index contributed by atoms with van der Waals surface area (Å²) in [6.07, 6.45) is 2.88. The topological polar surface area (TPSA) is 52.7 Å². The van der Waals surface area contributed by atoms with Gasteiger partial charge in [0.15, 0.2) is 0 Å². The smallest absolute Gasteiger partial charge is 0.262 e. The van der Waals surface area contributed by atoms with Gasteiger partial charge >= 0.3 is 0 Å². The first kappa shape index (κ1) is 19.3. The quantitative estimate of drug-likeness (QED) is 0.839. The Hall–Kier alpha value is -2.02. The summed E-state index contributed by atoms with van der Waals surface area (Å²) in [7, 11) is 0. The van der Waals surface area contributed by atoms with Crippen molar-refractivity contribution in [1.82, 2.24) is 15.1 Å². The standard InChI is InChI=1S/C21H27F2N3O2/c22-21(23)12-18(24-14-21)20(28)25-10-8-16(9-11-25)19(27)26(17-6-7-17)13-15-4-2-1-3-5-15/h1-5,16-18,24H,6-14H2. The minimum absolute atomic E-state index is 0.0914. The molecule has 0 spiro atoms. The van der Waals surface area contributed by atoms with E-state index >= 15 is 0 Å². The number of alkyl halides is 2. The second-order valence-corrected chi connectivity index (χ2v) is 8.28. The Kier molecular flexibility index (Phi) is 5.36. The third kappa shape index (κ3) is 4.35. The van der Waals surface area contributed by atoms with Crippen molar-refractivity contribution in [2.75, 3.05) is 19.6 Å². The van der Waals surface area contributed by atoms with Gasteiger partial charge in [0.05, 0.1) is 12.6 Å². The number of nitrogens with zero attached hydrogens (tertiary/aromatic N) is 2. The number of nitrogens with one attached hydrogen (secondary N) is 1. The summed E-state index contributed by atoms with van der Waals surface area (Å²) in [5.41, 5.74) is 1.13. The largest absolute Gasteiger partial charge is 0.341 e. The molecule has 2 heterocycles. The molecule has 2 amide bonds. The molecule has 0 radical (unpaired) electrons. The lowest BCUT2D eigenvalue weighted by Crippen LogP contribution is -2.49. The van der Waals surface area contributed by atoms with Crippen LogP contribution in [0.5, 0.6) is 0 Å². The van der Waals surface area contributed by atoms with Gasteiger partial charge in [-0.15, -0.1) is 0 Å². The van der Waals surface area contributed by atoms with Gasteiger partial charge in [-0.2, -0.15) is 0 Å². The lowest BCUT2D eigenvalue weighted by atomic mass is 9.94. The molecule has 7 heteroatoms. The van der Waals surface area contributed by atoms with Gasteiger partial charge in [0.1, 0.15) is 0 Å². The molecule has 3 aliphatic rings. The minimum Gasteiger partial charge on any atom is -0.341 e. The third-order valence-corrected chi connectivity index (χ3v) is 6.03. The zero-order chi connectivity index (χ0) is 19.7. The van der Waals surface area contributed by atoms with Gasteiger partial charge in [0, 0.05) is 38.0 Å². The maximum atomic E-state index is 13.4. The molecule has 152 valence electrons. The Balaban J connectivity index is 1.32. The van der Waals surface area contributed by atoms with Gasteiger partial charge in [0.2, 0.25) is 11.8 Å². The maximum Gasteiger partial charge on any atom is 0.262 e. The zero-order valence-corrected chi connectivity index (χ0v) is 15.9. The molecule has 5 nitrogen and oxygen atoms in total. The monoisotopic (exact) mass is 391 g/mol. The zero-order valence-electron chi connectivity index (χ0n) is 15.9. The Morgan fingerprint density at radius 3 is 2.36 bits per heavy atom. The van der Waals surface area contributed by atoms with E-state index in [1.165, 1.54) is 0 Å². The predicted octanol–water partition coefficient (Wildman–Crippen LogP) is 2.41. The Morgan fingerprint density at radius 1 is 1.11 bits per heavy atom. The number of likely N-dealkylation sites (tertiary alicyclic amines) is 1. The molecule has 28 heavy (non-hydrogen) atoms. The molecule has 1 N–H and O–H groups in total. The van der Waals surface area contributed by atoms with Gasteiger partial charge in [-0.25, -0.2) is 8.78 Å². The van der Waals surface area contributed by atoms with Crippen LogP contribution in [-0.4, -0.2) is 59.3 Å². The Labute approximate surface area is 164 Å². The van der Waals surface area contributed by atoms with Crippen molar-refractivity contribution in [2.45, 2.75) is 56.7 Å². The fourth-order valence-electron chi connectivity index (χ4n) is 4.25. The molecule has 2 saturated heterocycles. The van der Waals surface area contributed by atoms with Gasteiger partial charge in [-0.1, -0.05) is 30.3 Å². The molecule has 1 aliphatic carbocycles. The number of carbonyl (C=O) groups excluding carboxylic acids is 2. The molecule has 0 aromatic heterocycles. The van der Waals surface area contributed by atoms with Crippen LogP contribution in [0.1, 0.15) is 37.7 Å². The van der Waals surface area contributed by atoms with Gasteiger partial charge < -0.3 is 9.80 Å². The highest BCUT2D eigenvalue weighted by molar-refractivity contribution is 5.83. The van der Waals surface area contributed by atoms with Crippen LogP contribution in [0.2, 0.25) is 0 Å². The fourth-order valence-corrected chi connectivity index (χ4v) is 4.25. The van der Waals surface area contributed by atoms with E-state index in [2.05, 4.69) is 5.32 Å². The molecule has 2 aliphatic heterocycles. The van der Waals surface area contributed by atoms with Crippen LogP contribution in [0.4, 0.5) is 8.78 Å². The second-order valence-electron chi connectivity index (χ2n) is 8.28. The van der Waals surface area contributed by atoms with Crippen LogP contribution in [0.25, 0.3) is 0 Å². The summed E-state index contributed by atoms with van der Waals surface area (Å²) in [5.74, 6) is -2.99. The molecule has 1 atom stereocenters. The average molecular weight is 391 g/mol. The Bertz CT molecular complexity index is 716. The number of hydrogen-bond acceptors (Lipinski definition) is 3. The number of piperidine rings is 1. The molecule has 1 saturated carbocycles. The van der Waals surface area contributed by atoms with E-state index in [0.29, 0.717) is 38.5 Å². The van der Waals surface area contributed by atoms with Crippen LogP contribution in [0.3, 0.4) is 0 Å². The first-order valence-electron chi connectivity index (χ1n) is 10.2. The molecule has 0 bridgehead atoms. The average Bonchev–Trinajstić information content (AvgIpc) is 3.48. The molecular formula is C21H27F2N3O2. The lowest BCUT2D eigenvalue weighted by Gasteiger charge is -2.35. The summed E-state index contributed by atoms with van der Waals surface area (Å²) in [5, 5.41) is 2.63. The van der Waals surface area contributed by atoms with E-state index < -0.39 is 24.9 Å². The van der Waals surface area contributed by atoms with E-state index in [4.69, 9.17) is 0 Å². The minimum atomic E-state index is -2.81. The number of benzene rings is 1. The fraction of sp³-hybridized carbons (Fsp3) is 0.619. The highest BCUT2D eigenvalue weighted by Crippen LogP contribution is 2.32. The van der Waals surface area contributed by atoms with Gasteiger partial charge in [-0.3, -0.25) is 14.9 Å². The van der Waals surface area contributed by atoms with Gasteiger partial charge in [-0.05, 0) is 31.2 Å². The number of amides is 2. The van der Waals surface area contributed by atoms with Crippen LogP contribution in [0.15, 0.2) is 30.3 Å². The van der Waals surface area contributed by atoms with Crippen molar-refractivity contribution >= 4 is 11.8 Å². The predicted molar refractivity (Wildman–Crippen MR) is 101 cm³/mol. The first-order valence-corrected chi connectivity index (χ1v) is 10.2. The van der Waals surface area contributed by atoms with Crippen molar-refractivity contribution in [1.29, 1.82) is 0 Å². The molecule has 4 rings (SSSR count). The van der Waals surface area contributed by atoms with Crippen molar-refractivity contribution in [2.24, 2.45) is 5.92 Å². The molecular weight excluding hydrogens is 364 g/mol. The van der Waals surface area contributed by atoms with Crippen molar-refractivity contribution < 1.29 is 18.4 Å². The number of rotatable bonds is 5. The van der Waals surface area contributed by atoms with Crippen LogP contribution in [-0.2, 0) is 16.1 Å². The van der Waals surface area contributed by atoms with Crippen molar-refractivity contribution in [3.8, 4) is 0 Å². The van der Waals surface area contributed by atoms with Crippen LogP contribution in [0, 0.1) is 5.92 Å². The summed E-state index contributed by atoms with van der Waals surface area (Å²) in [4.78, 5) is 29.2. The third-order valence-electron chi connectivity index (χ3n) is 6.03. The van der Waals surface area contributed by atoms with E-state index in [-0.39, 0.29) is 17.7 Å². The SMILES string of the molecule is O=C(C1CC(F)(F)CN1)N1CCC(C(=O)N(Cc2ccccc2)C2CC2)CC1. The highest BCUT2D eigenvalue weighted by atomic mass is 19.3. The lowest BCUT2D eigenvalue weighted by molar-refractivity contribution is -0.142. The Morgan fingerprint density at radius 2 is 1.79 bits per heavy atom. The first-order chi connectivity index (χ1) is 13.4. The van der Waals surface area contributed by atoms with Crippen molar-refractivity contribution in [3.05, 3.63) is 35.9 Å². The summed E-state index contributed by atoms with van der Waals surface area (Å²) in [6.45, 7) is 1.12. The maximum absolute atomic E-state index is 13.4. The number of carbonyl (C=O) groups is 2. The molecule has 1 aromatic carbocycles. The van der Waals surface area contributed by atoms with Crippen molar-refractivity contribution in [3.63, 3.8) is 0 Å².